The van der Waals surface area contributed by atoms with Gasteiger partial charge in [-0.05, 0) is 55.2 Å². The van der Waals surface area contributed by atoms with Gasteiger partial charge in [0.1, 0.15) is 11.4 Å². The lowest BCUT2D eigenvalue weighted by atomic mass is 10.1. The van der Waals surface area contributed by atoms with Crippen molar-refractivity contribution >= 4 is 23.1 Å². The molecule has 30 heavy (non-hydrogen) atoms. The maximum Gasteiger partial charge on any atom is 0.421 e. The fraction of sp³-hybridized carbons (Fsp3) is 0.304. The van der Waals surface area contributed by atoms with E-state index in [4.69, 9.17) is 0 Å². The first-order chi connectivity index (χ1) is 14.3. The zero-order valence-electron chi connectivity index (χ0n) is 17.1. The van der Waals surface area contributed by atoms with Crippen LogP contribution in [0.3, 0.4) is 0 Å². The molecule has 0 aliphatic heterocycles. The quantitative estimate of drug-likeness (QED) is 0.389. The van der Waals surface area contributed by atoms with Crippen molar-refractivity contribution in [3.8, 4) is 0 Å². The first kappa shape index (κ1) is 21.6. The van der Waals surface area contributed by atoms with Gasteiger partial charge in [-0.25, -0.2) is 4.98 Å². The van der Waals surface area contributed by atoms with Crippen LogP contribution in [0.25, 0.3) is 0 Å². The van der Waals surface area contributed by atoms with Crippen molar-refractivity contribution in [2.45, 2.75) is 45.7 Å². The zero-order chi connectivity index (χ0) is 21.6. The molecule has 0 saturated carbocycles. The Morgan fingerprint density at radius 1 is 0.933 bits per heavy atom. The second-order valence-corrected chi connectivity index (χ2v) is 7.23. The Balaban J connectivity index is 1.80. The molecule has 1 aromatic heterocycles. The third-order valence-electron chi connectivity index (χ3n) is 4.65. The highest BCUT2D eigenvalue weighted by Gasteiger charge is 2.35. The summed E-state index contributed by atoms with van der Waals surface area (Å²) in [5.74, 6) is -0.196. The summed E-state index contributed by atoms with van der Waals surface area (Å²) in [6.45, 7) is 4.04. The molecular weight excluding hydrogens is 389 g/mol. The van der Waals surface area contributed by atoms with Crippen LogP contribution in [0.2, 0.25) is 0 Å². The van der Waals surface area contributed by atoms with Crippen molar-refractivity contribution in [3.05, 3.63) is 71.4 Å². The molecule has 0 aliphatic rings. The summed E-state index contributed by atoms with van der Waals surface area (Å²) >= 11 is 0. The van der Waals surface area contributed by atoms with Crippen molar-refractivity contribution in [3.63, 3.8) is 0 Å². The summed E-state index contributed by atoms with van der Waals surface area (Å²) in [7, 11) is 0. The fourth-order valence-electron chi connectivity index (χ4n) is 3.07. The molecule has 0 aliphatic carbocycles. The summed E-state index contributed by atoms with van der Waals surface area (Å²) < 4.78 is 40.3. The highest BCUT2D eigenvalue weighted by Crippen LogP contribution is 2.35. The van der Waals surface area contributed by atoms with E-state index in [0.717, 1.165) is 30.3 Å². The van der Waals surface area contributed by atoms with Gasteiger partial charge in [-0.15, -0.1) is 0 Å². The Bertz CT molecular complexity index is 969. The highest BCUT2D eigenvalue weighted by molar-refractivity contribution is 5.63. The van der Waals surface area contributed by atoms with Crippen LogP contribution in [-0.4, -0.2) is 9.97 Å². The largest absolute Gasteiger partial charge is 0.421 e. The van der Waals surface area contributed by atoms with E-state index in [-0.39, 0.29) is 11.8 Å². The number of anilines is 4. The molecule has 0 fully saturated rings. The standard InChI is InChI=1S/C23H25F3N4/c1-3-4-5-8-17-10-12-18(13-11-17)29-22-27-15-20(23(24,25)26)21(30-22)28-19-9-6-7-16(2)14-19/h6-7,9-15H,3-5,8H2,1-2H3,(H2,27,28,29,30). The van der Waals surface area contributed by atoms with Gasteiger partial charge in [0.15, 0.2) is 0 Å². The Kier molecular flexibility index (Phi) is 6.92. The Morgan fingerprint density at radius 3 is 2.37 bits per heavy atom. The normalized spacial score (nSPS) is 11.4. The summed E-state index contributed by atoms with van der Waals surface area (Å²) in [6.07, 6.45) is 0.742. The third kappa shape index (κ3) is 5.95. The molecule has 0 atom stereocenters. The van der Waals surface area contributed by atoms with Crippen LogP contribution in [-0.2, 0) is 12.6 Å². The zero-order valence-corrected chi connectivity index (χ0v) is 17.1. The predicted molar refractivity (Wildman–Crippen MR) is 114 cm³/mol. The van der Waals surface area contributed by atoms with Gasteiger partial charge in [-0.1, -0.05) is 44.0 Å². The van der Waals surface area contributed by atoms with Crippen molar-refractivity contribution in [2.75, 3.05) is 10.6 Å². The topological polar surface area (TPSA) is 49.8 Å². The van der Waals surface area contributed by atoms with Crippen LogP contribution in [0.5, 0.6) is 0 Å². The number of hydrogen-bond acceptors (Lipinski definition) is 4. The van der Waals surface area contributed by atoms with E-state index in [1.807, 2.05) is 37.3 Å². The number of halogens is 3. The number of aryl methyl sites for hydroxylation is 2. The lowest BCUT2D eigenvalue weighted by Gasteiger charge is -2.15. The maximum absolute atomic E-state index is 13.4. The van der Waals surface area contributed by atoms with E-state index < -0.39 is 11.7 Å². The number of rotatable bonds is 8. The molecule has 7 heteroatoms. The average molecular weight is 414 g/mol. The van der Waals surface area contributed by atoms with Gasteiger partial charge in [0.25, 0.3) is 0 Å². The third-order valence-corrected chi connectivity index (χ3v) is 4.65. The molecule has 0 bridgehead atoms. The fourth-order valence-corrected chi connectivity index (χ4v) is 3.07. The number of aromatic nitrogens is 2. The molecule has 3 rings (SSSR count). The number of alkyl halides is 3. The van der Waals surface area contributed by atoms with Crippen LogP contribution in [0.1, 0.15) is 42.9 Å². The average Bonchev–Trinajstić information content (AvgIpc) is 2.69. The minimum absolute atomic E-state index is 0.0943. The van der Waals surface area contributed by atoms with Gasteiger partial charge in [0.05, 0.1) is 0 Å². The molecule has 158 valence electrons. The highest BCUT2D eigenvalue weighted by atomic mass is 19.4. The lowest BCUT2D eigenvalue weighted by molar-refractivity contribution is -0.137. The van der Waals surface area contributed by atoms with E-state index in [1.165, 1.54) is 18.4 Å². The van der Waals surface area contributed by atoms with E-state index >= 15 is 0 Å². The molecule has 0 unspecified atom stereocenters. The Labute approximate surface area is 174 Å². The first-order valence-corrected chi connectivity index (χ1v) is 9.99. The minimum atomic E-state index is -4.56. The number of benzene rings is 2. The summed E-state index contributed by atoms with van der Waals surface area (Å²) in [5, 5.41) is 5.76. The van der Waals surface area contributed by atoms with Crippen molar-refractivity contribution < 1.29 is 13.2 Å². The monoisotopic (exact) mass is 414 g/mol. The number of nitrogens with zero attached hydrogens (tertiary/aromatic N) is 2. The SMILES string of the molecule is CCCCCc1ccc(Nc2ncc(C(F)(F)F)c(Nc3cccc(C)c3)n2)cc1. The summed E-state index contributed by atoms with van der Waals surface area (Å²) in [5.41, 5.74) is 2.49. The molecular formula is C23H25F3N4. The molecule has 1 heterocycles. The minimum Gasteiger partial charge on any atom is -0.340 e. The van der Waals surface area contributed by atoms with Gasteiger partial charge in [-0.3, -0.25) is 0 Å². The Morgan fingerprint density at radius 2 is 1.70 bits per heavy atom. The van der Waals surface area contributed by atoms with Crippen LogP contribution in [0.15, 0.2) is 54.7 Å². The molecule has 3 aromatic rings. The maximum atomic E-state index is 13.4. The number of hydrogen-bond donors (Lipinski definition) is 2. The predicted octanol–water partition coefficient (Wildman–Crippen LogP) is 7.02. The van der Waals surface area contributed by atoms with E-state index in [9.17, 15) is 13.2 Å². The lowest BCUT2D eigenvalue weighted by Crippen LogP contribution is -2.12. The van der Waals surface area contributed by atoms with Gasteiger partial charge in [0.2, 0.25) is 5.95 Å². The smallest absolute Gasteiger partial charge is 0.340 e. The van der Waals surface area contributed by atoms with Gasteiger partial charge < -0.3 is 10.6 Å². The molecule has 2 N–H and O–H groups in total. The van der Waals surface area contributed by atoms with Crippen molar-refractivity contribution in [2.24, 2.45) is 0 Å². The van der Waals surface area contributed by atoms with Gasteiger partial charge >= 0.3 is 6.18 Å². The molecule has 0 spiro atoms. The first-order valence-electron chi connectivity index (χ1n) is 9.99. The van der Waals surface area contributed by atoms with Crippen LogP contribution in [0, 0.1) is 6.92 Å². The van der Waals surface area contributed by atoms with Gasteiger partial charge in [-0.2, -0.15) is 18.2 Å². The Hall–Kier alpha value is -3.09. The van der Waals surface area contributed by atoms with Crippen molar-refractivity contribution in [1.82, 2.24) is 9.97 Å². The number of nitrogens with one attached hydrogen (secondary N) is 2. The van der Waals surface area contributed by atoms with E-state index in [0.29, 0.717) is 5.69 Å². The molecule has 4 nitrogen and oxygen atoms in total. The van der Waals surface area contributed by atoms with Gasteiger partial charge in [0, 0.05) is 17.6 Å². The van der Waals surface area contributed by atoms with Crippen LogP contribution >= 0.6 is 0 Å². The molecule has 2 aromatic carbocycles. The molecule has 0 amide bonds. The number of unbranched alkanes of at least 4 members (excludes halogenated alkanes) is 2. The second kappa shape index (κ2) is 9.61. The summed E-state index contributed by atoms with van der Waals surface area (Å²) in [4.78, 5) is 7.95. The van der Waals surface area contributed by atoms with Crippen LogP contribution in [0.4, 0.5) is 36.3 Å². The second-order valence-electron chi connectivity index (χ2n) is 7.23. The van der Waals surface area contributed by atoms with Crippen LogP contribution < -0.4 is 10.6 Å². The molecule has 0 saturated heterocycles. The van der Waals surface area contributed by atoms with Crippen molar-refractivity contribution in [1.29, 1.82) is 0 Å². The molecule has 0 radical (unpaired) electrons. The van der Waals surface area contributed by atoms with E-state index in [2.05, 4.69) is 27.5 Å². The van der Waals surface area contributed by atoms with E-state index in [1.54, 1.807) is 18.2 Å². The summed E-state index contributed by atoms with van der Waals surface area (Å²) in [6, 6.07) is 14.9.